The van der Waals surface area contributed by atoms with Crippen molar-refractivity contribution in [2.45, 2.75) is 40.0 Å². The quantitative estimate of drug-likeness (QED) is 0.127. The van der Waals surface area contributed by atoms with E-state index in [4.69, 9.17) is 0 Å². The molecule has 2 saturated heterocycles. The number of nitrogens with zero attached hydrogens (tertiary/aromatic N) is 10. The molecule has 4 aromatic carbocycles. The minimum atomic E-state index is -1.31. The van der Waals surface area contributed by atoms with Crippen LogP contribution < -0.4 is 20.7 Å². The molecule has 0 amide bonds. The van der Waals surface area contributed by atoms with Crippen LogP contribution in [0.3, 0.4) is 0 Å². The van der Waals surface area contributed by atoms with Crippen molar-refractivity contribution in [2.24, 2.45) is 0 Å². The number of halogens is 3. The second kappa shape index (κ2) is 21.5. The number of piperazine rings is 2. The molecule has 10 rings (SSSR count). The fourth-order valence-corrected chi connectivity index (χ4v) is 9.27. The molecule has 71 heavy (non-hydrogen) atoms. The van der Waals surface area contributed by atoms with Crippen LogP contribution in [0.25, 0.3) is 33.2 Å². The molecule has 19 heteroatoms. The standard InChI is InChI=1S/2C26H26FN5O3.ClH/c2*1-2-30-17-21(26(34)35)25(33)20-14-22(27)24(15-23(20)30)31-12-10-29(11-13-31)16-18-4-6-19(7-5-18)32-9-3-8-28-32;/h2*3-9,14-15,17H,2,10-13,16H2,1H3,(H,34,35);1H. The number of aromatic nitrogens is 6. The Balaban J connectivity index is 0.000000188. The molecule has 4 aromatic heterocycles. The Morgan fingerprint density at radius 3 is 1.24 bits per heavy atom. The van der Waals surface area contributed by atoms with Gasteiger partial charge in [0.15, 0.2) is 0 Å². The van der Waals surface area contributed by atoms with Crippen molar-refractivity contribution in [3.05, 3.63) is 176 Å². The fraction of sp³-hybridized carbons (Fsp3) is 0.269. The van der Waals surface area contributed by atoms with Gasteiger partial charge in [0.1, 0.15) is 22.8 Å². The fourth-order valence-electron chi connectivity index (χ4n) is 9.27. The molecule has 2 N–H and O–H groups in total. The maximum Gasteiger partial charge on any atom is 0.341 e. The van der Waals surface area contributed by atoms with Crippen LogP contribution in [0.5, 0.6) is 0 Å². The third kappa shape index (κ3) is 10.6. The minimum Gasteiger partial charge on any atom is -0.477 e. The lowest BCUT2D eigenvalue weighted by Crippen LogP contribution is -2.46. The van der Waals surface area contributed by atoms with E-state index in [0.717, 1.165) is 50.6 Å². The maximum atomic E-state index is 15.1. The summed E-state index contributed by atoms with van der Waals surface area (Å²) in [7, 11) is 0. The Bertz CT molecular complexity index is 3070. The van der Waals surface area contributed by atoms with E-state index in [0.29, 0.717) is 61.7 Å². The average Bonchev–Trinajstić information content (AvgIpc) is 4.12. The Hall–Kier alpha value is -7.67. The monoisotopic (exact) mass is 986 g/mol. The van der Waals surface area contributed by atoms with Crippen molar-refractivity contribution in [3.63, 3.8) is 0 Å². The number of aromatic carboxylic acids is 2. The van der Waals surface area contributed by atoms with Crippen molar-refractivity contribution in [3.8, 4) is 11.4 Å². The van der Waals surface area contributed by atoms with E-state index < -0.39 is 34.4 Å². The number of carboxylic acids is 2. The zero-order chi connectivity index (χ0) is 49.1. The topological polar surface area (TPSA) is 167 Å². The average molecular weight is 988 g/mol. The number of hydrogen-bond acceptors (Lipinski definition) is 10. The molecule has 2 fully saturated rings. The Morgan fingerprint density at radius 2 is 0.930 bits per heavy atom. The second-order valence-electron chi connectivity index (χ2n) is 17.3. The molecule has 6 heterocycles. The molecule has 2 aliphatic heterocycles. The van der Waals surface area contributed by atoms with Gasteiger partial charge in [-0.15, -0.1) is 12.4 Å². The Kier molecular flexibility index (Phi) is 15.1. The number of fused-ring (bicyclic) bond motifs is 2. The van der Waals surface area contributed by atoms with Crippen LogP contribution >= 0.6 is 12.4 Å². The van der Waals surface area contributed by atoms with Gasteiger partial charge in [-0.05, 0) is 85.6 Å². The van der Waals surface area contributed by atoms with Gasteiger partial charge in [0, 0.05) is 126 Å². The van der Waals surface area contributed by atoms with E-state index in [1.54, 1.807) is 33.7 Å². The van der Waals surface area contributed by atoms with E-state index >= 15 is 8.78 Å². The van der Waals surface area contributed by atoms with Gasteiger partial charge in [-0.1, -0.05) is 24.3 Å². The van der Waals surface area contributed by atoms with Gasteiger partial charge in [0.25, 0.3) is 0 Å². The van der Waals surface area contributed by atoms with Gasteiger partial charge < -0.3 is 29.1 Å². The van der Waals surface area contributed by atoms with Gasteiger partial charge in [0.2, 0.25) is 10.9 Å². The number of anilines is 2. The van der Waals surface area contributed by atoms with Crippen molar-refractivity contribution < 1.29 is 28.6 Å². The van der Waals surface area contributed by atoms with Gasteiger partial charge >= 0.3 is 11.9 Å². The maximum absolute atomic E-state index is 15.1. The molecule has 0 spiro atoms. The predicted molar refractivity (Wildman–Crippen MR) is 271 cm³/mol. The highest BCUT2D eigenvalue weighted by atomic mass is 35.5. The summed E-state index contributed by atoms with van der Waals surface area (Å²) in [5, 5.41) is 27.3. The van der Waals surface area contributed by atoms with Crippen LogP contribution in [0.15, 0.2) is 132 Å². The van der Waals surface area contributed by atoms with E-state index in [1.165, 1.54) is 35.7 Å². The molecule has 0 atom stereocenters. The third-order valence-electron chi connectivity index (χ3n) is 13.1. The number of aryl methyl sites for hydroxylation is 2. The van der Waals surface area contributed by atoms with Gasteiger partial charge in [-0.2, -0.15) is 10.2 Å². The summed E-state index contributed by atoms with van der Waals surface area (Å²) in [6, 6.07) is 26.1. The van der Waals surface area contributed by atoms with Crippen molar-refractivity contribution in [1.82, 2.24) is 38.5 Å². The first kappa shape index (κ1) is 49.7. The molecule has 0 radical (unpaired) electrons. The van der Waals surface area contributed by atoms with Crippen LogP contribution in [0, 0.1) is 11.6 Å². The van der Waals surface area contributed by atoms with Crippen LogP contribution in [0.1, 0.15) is 45.7 Å². The summed E-state index contributed by atoms with van der Waals surface area (Å²) in [5.74, 6) is -3.64. The van der Waals surface area contributed by atoms with Gasteiger partial charge in [0.05, 0.1) is 33.8 Å². The number of benzene rings is 4. The normalized spacial score (nSPS) is 14.3. The first-order chi connectivity index (χ1) is 33.9. The highest BCUT2D eigenvalue weighted by Crippen LogP contribution is 2.29. The largest absolute Gasteiger partial charge is 0.477 e. The number of carbonyl (C=O) groups is 2. The highest BCUT2D eigenvalue weighted by Gasteiger charge is 2.25. The van der Waals surface area contributed by atoms with Crippen LogP contribution in [0.2, 0.25) is 0 Å². The molecule has 0 aliphatic carbocycles. The summed E-state index contributed by atoms with van der Waals surface area (Å²) in [4.78, 5) is 56.7. The van der Waals surface area contributed by atoms with Crippen LogP contribution in [0.4, 0.5) is 20.2 Å². The molecular weight excluding hydrogens is 934 g/mol. The number of pyridine rings is 2. The van der Waals surface area contributed by atoms with Crippen LogP contribution in [-0.4, -0.2) is 113 Å². The summed E-state index contributed by atoms with van der Waals surface area (Å²) in [6.45, 7) is 12.0. The second-order valence-corrected chi connectivity index (χ2v) is 17.3. The number of rotatable bonds is 12. The molecule has 16 nitrogen and oxygen atoms in total. The predicted octanol–water partition coefficient (Wildman–Crippen LogP) is 7.16. The molecule has 0 saturated carbocycles. The lowest BCUT2D eigenvalue weighted by atomic mass is 10.1. The highest BCUT2D eigenvalue weighted by molar-refractivity contribution is 5.94. The van der Waals surface area contributed by atoms with E-state index in [2.05, 4.69) is 44.3 Å². The minimum absolute atomic E-state index is 0. The Morgan fingerprint density at radius 1 is 0.563 bits per heavy atom. The summed E-state index contributed by atoms with van der Waals surface area (Å²) < 4.78 is 37.2. The van der Waals surface area contributed by atoms with Gasteiger partial charge in [-0.3, -0.25) is 19.4 Å². The molecule has 8 aromatic rings. The van der Waals surface area contributed by atoms with E-state index in [-0.39, 0.29) is 34.3 Å². The van der Waals surface area contributed by atoms with Crippen molar-refractivity contribution >= 4 is 57.5 Å². The summed E-state index contributed by atoms with van der Waals surface area (Å²) in [6.07, 6.45) is 9.99. The molecule has 368 valence electrons. The number of hydrogen-bond donors (Lipinski definition) is 2. The lowest BCUT2D eigenvalue weighted by Gasteiger charge is -2.36. The van der Waals surface area contributed by atoms with E-state index in [1.807, 2.05) is 81.8 Å². The molecule has 2 aliphatic rings. The summed E-state index contributed by atoms with van der Waals surface area (Å²) in [5.41, 5.74) is 4.35. The lowest BCUT2D eigenvalue weighted by molar-refractivity contribution is 0.0684. The molecule has 0 bridgehead atoms. The van der Waals surface area contributed by atoms with E-state index in [9.17, 15) is 29.4 Å². The van der Waals surface area contributed by atoms with Crippen LogP contribution in [-0.2, 0) is 26.2 Å². The first-order valence-electron chi connectivity index (χ1n) is 23.2. The first-order valence-corrected chi connectivity index (χ1v) is 23.2. The third-order valence-corrected chi connectivity index (χ3v) is 13.1. The van der Waals surface area contributed by atoms with Gasteiger partial charge in [-0.25, -0.2) is 27.7 Å². The molecular formula is C52H53ClF2N10O6. The SMILES string of the molecule is CCn1cc(C(=O)O)c(=O)c2cc(F)c(N3CCN(Cc4ccc(-n5cccn5)cc4)CC3)cc21.CCn1cc(C(=O)O)c(=O)c2cc(F)c(N3CCN(Cc4ccc(-n5cccn5)cc4)CC3)cc21.Cl. The summed E-state index contributed by atoms with van der Waals surface area (Å²) >= 11 is 0. The van der Waals surface area contributed by atoms with Crippen molar-refractivity contribution in [1.29, 1.82) is 0 Å². The smallest absolute Gasteiger partial charge is 0.341 e. The zero-order valence-corrected chi connectivity index (χ0v) is 40.0. The number of carboxylic acid groups (broad SMARTS) is 2. The van der Waals surface area contributed by atoms with Crippen molar-refractivity contribution in [2.75, 3.05) is 62.2 Å². The zero-order valence-electron chi connectivity index (χ0n) is 39.2. The Labute approximate surface area is 413 Å². The molecule has 0 unspecified atom stereocenters.